The lowest BCUT2D eigenvalue weighted by atomic mass is 9.93. The van der Waals surface area contributed by atoms with Gasteiger partial charge in [-0.25, -0.2) is 0 Å². The summed E-state index contributed by atoms with van der Waals surface area (Å²) in [6.45, 7) is 4.24. The summed E-state index contributed by atoms with van der Waals surface area (Å²) in [7, 11) is 0. The minimum absolute atomic E-state index is 0. The fourth-order valence-corrected chi connectivity index (χ4v) is 5.31. The molecule has 2 aliphatic heterocycles. The molecule has 2 saturated heterocycles. The van der Waals surface area contributed by atoms with Gasteiger partial charge in [0.1, 0.15) is 12.4 Å². The van der Waals surface area contributed by atoms with Crippen LogP contribution in [0.5, 0.6) is 5.75 Å². The van der Waals surface area contributed by atoms with Crippen molar-refractivity contribution < 1.29 is 14.3 Å². The van der Waals surface area contributed by atoms with E-state index in [1.807, 2.05) is 48.6 Å². The number of amides is 1. The molecule has 2 heterocycles. The largest absolute Gasteiger partial charge is 0.492 e. The average Bonchev–Trinajstić information content (AvgIpc) is 2.98. The number of likely N-dealkylation sites (tertiary alicyclic amines) is 2. The molecule has 0 spiro atoms. The predicted molar refractivity (Wildman–Crippen MR) is 169 cm³/mol. The SMILES string of the molecule is Cl.O=C1/C(=C/c2ccc(Cl)cc2)CN(C(=O)c2ccc(OCCN3CCCCC3)cc2)C/C1=C\c1ccc(Cl)cc1. The van der Waals surface area contributed by atoms with Crippen LogP contribution >= 0.6 is 35.6 Å². The summed E-state index contributed by atoms with van der Waals surface area (Å²) >= 11 is 12.1. The highest BCUT2D eigenvalue weighted by molar-refractivity contribution is 6.31. The molecule has 0 saturated carbocycles. The second-order valence-electron chi connectivity index (χ2n) is 10.2. The van der Waals surface area contributed by atoms with Crippen molar-refractivity contribution in [2.45, 2.75) is 19.3 Å². The van der Waals surface area contributed by atoms with Crippen LogP contribution < -0.4 is 4.74 Å². The van der Waals surface area contributed by atoms with Gasteiger partial charge < -0.3 is 9.64 Å². The van der Waals surface area contributed by atoms with Crippen molar-refractivity contribution in [1.29, 1.82) is 0 Å². The molecule has 0 N–H and O–H groups in total. The molecule has 0 bridgehead atoms. The second-order valence-corrected chi connectivity index (χ2v) is 11.1. The van der Waals surface area contributed by atoms with Crippen molar-refractivity contribution in [2.24, 2.45) is 0 Å². The molecule has 3 aromatic carbocycles. The fourth-order valence-electron chi connectivity index (χ4n) is 5.06. The first-order chi connectivity index (χ1) is 19.4. The minimum atomic E-state index is -0.142. The Kier molecular flexibility index (Phi) is 11.1. The molecule has 1 amide bonds. The van der Waals surface area contributed by atoms with Crippen molar-refractivity contribution in [1.82, 2.24) is 9.80 Å². The smallest absolute Gasteiger partial charge is 0.254 e. The lowest BCUT2D eigenvalue weighted by Crippen LogP contribution is -2.41. The maximum absolute atomic E-state index is 13.6. The van der Waals surface area contributed by atoms with E-state index in [0.717, 1.165) is 36.5 Å². The Balaban J connectivity index is 0.00000387. The van der Waals surface area contributed by atoms with Gasteiger partial charge in [0.05, 0.1) is 13.1 Å². The summed E-state index contributed by atoms with van der Waals surface area (Å²) in [5.41, 5.74) is 3.33. The van der Waals surface area contributed by atoms with Gasteiger partial charge in [-0.3, -0.25) is 14.5 Å². The Morgan fingerprint density at radius 2 is 1.27 bits per heavy atom. The summed E-state index contributed by atoms with van der Waals surface area (Å²) in [4.78, 5) is 31.2. The van der Waals surface area contributed by atoms with Gasteiger partial charge in [0.2, 0.25) is 0 Å². The number of ether oxygens (including phenoxy) is 1. The number of hydrogen-bond donors (Lipinski definition) is 0. The van der Waals surface area contributed by atoms with Crippen molar-refractivity contribution >= 4 is 59.5 Å². The molecule has 3 aromatic rings. The van der Waals surface area contributed by atoms with E-state index in [1.54, 1.807) is 41.3 Å². The molecule has 41 heavy (non-hydrogen) atoms. The van der Waals surface area contributed by atoms with Crippen LogP contribution in [0.3, 0.4) is 0 Å². The van der Waals surface area contributed by atoms with Crippen LogP contribution in [0.2, 0.25) is 10.0 Å². The van der Waals surface area contributed by atoms with E-state index in [9.17, 15) is 9.59 Å². The van der Waals surface area contributed by atoms with E-state index in [2.05, 4.69) is 4.90 Å². The Bertz CT molecular complexity index is 1330. The van der Waals surface area contributed by atoms with Crippen LogP contribution in [0.4, 0.5) is 0 Å². The molecule has 0 aliphatic carbocycles. The van der Waals surface area contributed by atoms with E-state index in [1.165, 1.54) is 19.3 Å². The quantitative estimate of drug-likeness (QED) is 0.260. The zero-order valence-electron chi connectivity index (χ0n) is 22.7. The van der Waals surface area contributed by atoms with Crippen LogP contribution in [0, 0.1) is 0 Å². The molecular formula is C33H33Cl3N2O3. The summed E-state index contributed by atoms with van der Waals surface area (Å²) in [5, 5.41) is 1.24. The number of nitrogens with zero attached hydrogens (tertiary/aromatic N) is 2. The number of ketones is 1. The number of carbonyl (C=O) groups excluding carboxylic acids is 2. The van der Waals surface area contributed by atoms with E-state index in [4.69, 9.17) is 27.9 Å². The average molecular weight is 612 g/mol. The highest BCUT2D eigenvalue weighted by Crippen LogP contribution is 2.25. The number of benzene rings is 3. The first-order valence-electron chi connectivity index (χ1n) is 13.7. The predicted octanol–water partition coefficient (Wildman–Crippen LogP) is 7.47. The topological polar surface area (TPSA) is 49.9 Å². The van der Waals surface area contributed by atoms with Gasteiger partial charge in [-0.2, -0.15) is 0 Å². The Hall–Kier alpha value is -3.09. The number of rotatable bonds is 7. The monoisotopic (exact) mass is 610 g/mol. The van der Waals surface area contributed by atoms with Gasteiger partial charge in [0, 0.05) is 33.3 Å². The number of carbonyl (C=O) groups is 2. The van der Waals surface area contributed by atoms with Crippen molar-refractivity contribution in [2.75, 3.05) is 39.3 Å². The summed E-state index contributed by atoms with van der Waals surface area (Å²) < 4.78 is 5.94. The third-order valence-electron chi connectivity index (χ3n) is 7.24. The van der Waals surface area contributed by atoms with Gasteiger partial charge in [0.25, 0.3) is 5.91 Å². The van der Waals surface area contributed by atoms with Gasteiger partial charge >= 0.3 is 0 Å². The number of halogens is 3. The summed E-state index contributed by atoms with van der Waals surface area (Å²) in [5.74, 6) is 0.525. The van der Waals surface area contributed by atoms with Crippen LogP contribution in [0.15, 0.2) is 83.9 Å². The third kappa shape index (κ3) is 8.46. The molecule has 0 unspecified atom stereocenters. The van der Waals surface area contributed by atoms with Gasteiger partial charge in [-0.05, 0) is 97.7 Å². The first kappa shape index (κ1) is 30.9. The molecule has 0 aromatic heterocycles. The van der Waals surface area contributed by atoms with E-state index >= 15 is 0 Å². The van der Waals surface area contributed by atoms with Crippen LogP contribution in [0.25, 0.3) is 12.2 Å². The molecule has 2 aliphatic rings. The maximum Gasteiger partial charge on any atom is 0.254 e. The number of hydrogen-bond acceptors (Lipinski definition) is 4. The molecule has 0 atom stereocenters. The molecule has 0 radical (unpaired) electrons. The van der Waals surface area contributed by atoms with E-state index in [-0.39, 0.29) is 37.2 Å². The van der Waals surface area contributed by atoms with Gasteiger partial charge in [0.15, 0.2) is 5.78 Å². The lowest BCUT2D eigenvalue weighted by molar-refractivity contribution is -0.113. The Morgan fingerprint density at radius 1 is 0.756 bits per heavy atom. The van der Waals surface area contributed by atoms with Crippen LogP contribution in [0.1, 0.15) is 40.7 Å². The maximum atomic E-state index is 13.6. The molecule has 8 heteroatoms. The Morgan fingerprint density at radius 3 is 1.78 bits per heavy atom. The molecule has 214 valence electrons. The normalized spacial score (nSPS) is 17.9. The molecule has 5 nitrogen and oxygen atoms in total. The standard InChI is InChI=1S/C33H32Cl2N2O3.ClH/c34-29-10-4-24(5-11-29)20-27-22-37(23-28(32(27)38)21-25-6-12-30(35)13-7-25)33(39)26-8-14-31(15-9-26)40-19-18-36-16-2-1-3-17-36;/h4-15,20-21H,1-3,16-19,22-23H2;1H/b27-20+,28-21+;. The number of piperidine rings is 2. The lowest BCUT2D eigenvalue weighted by Gasteiger charge is -2.30. The van der Waals surface area contributed by atoms with E-state index < -0.39 is 0 Å². The summed E-state index contributed by atoms with van der Waals surface area (Å²) in [6, 6.07) is 21.8. The fraction of sp³-hybridized carbons (Fsp3) is 0.273. The highest BCUT2D eigenvalue weighted by atomic mass is 35.5. The first-order valence-corrected chi connectivity index (χ1v) is 14.4. The van der Waals surface area contributed by atoms with Crippen molar-refractivity contribution in [3.8, 4) is 5.75 Å². The minimum Gasteiger partial charge on any atom is -0.492 e. The zero-order chi connectivity index (χ0) is 27.9. The van der Waals surface area contributed by atoms with Crippen molar-refractivity contribution in [3.63, 3.8) is 0 Å². The van der Waals surface area contributed by atoms with Gasteiger partial charge in [-0.15, -0.1) is 12.4 Å². The van der Waals surface area contributed by atoms with Crippen molar-refractivity contribution in [3.05, 3.63) is 111 Å². The van der Waals surface area contributed by atoms with Crippen LogP contribution in [-0.2, 0) is 4.79 Å². The number of Topliss-reactive ketones (excluding diaryl/α,β-unsaturated/α-hetero) is 1. The van der Waals surface area contributed by atoms with E-state index in [0.29, 0.717) is 33.4 Å². The highest BCUT2D eigenvalue weighted by Gasteiger charge is 2.29. The molecular weight excluding hydrogens is 579 g/mol. The third-order valence-corrected chi connectivity index (χ3v) is 7.74. The second kappa shape index (κ2) is 14.7. The zero-order valence-corrected chi connectivity index (χ0v) is 25.1. The van der Waals surface area contributed by atoms with Crippen LogP contribution in [-0.4, -0.2) is 60.8 Å². The van der Waals surface area contributed by atoms with Gasteiger partial charge in [-0.1, -0.05) is 53.9 Å². The summed E-state index contributed by atoms with van der Waals surface area (Å²) in [6.07, 6.45) is 7.48. The Labute approximate surface area is 257 Å². The molecule has 5 rings (SSSR count). The molecule has 2 fully saturated rings.